The van der Waals surface area contributed by atoms with Gasteiger partial charge in [0, 0.05) is 26.1 Å². The van der Waals surface area contributed by atoms with E-state index < -0.39 is 0 Å². The van der Waals surface area contributed by atoms with Gasteiger partial charge in [-0.25, -0.2) is 0 Å². The molecule has 0 radical (unpaired) electrons. The molecule has 1 saturated heterocycles. The SMILES string of the molecule is CCOCc1nnc(N2CC(C(=O)NCCc3ccccc3C)CC2=O)s1. The fourth-order valence-corrected chi connectivity index (χ4v) is 3.83. The molecule has 0 saturated carbocycles. The molecule has 1 aliphatic heterocycles. The fraction of sp³-hybridized carbons (Fsp3) is 0.474. The van der Waals surface area contributed by atoms with Crippen molar-refractivity contribution in [3.8, 4) is 0 Å². The molecule has 0 spiro atoms. The number of nitrogens with one attached hydrogen (secondary N) is 1. The van der Waals surface area contributed by atoms with Crippen LogP contribution < -0.4 is 10.2 Å². The van der Waals surface area contributed by atoms with Crippen molar-refractivity contribution in [3.63, 3.8) is 0 Å². The Balaban J connectivity index is 1.51. The van der Waals surface area contributed by atoms with Crippen LogP contribution in [-0.2, 0) is 27.4 Å². The number of aromatic nitrogens is 2. The van der Waals surface area contributed by atoms with Gasteiger partial charge in [0.25, 0.3) is 0 Å². The van der Waals surface area contributed by atoms with E-state index in [2.05, 4.69) is 34.6 Å². The van der Waals surface area contributed by atoms with Crippen LogP contribution in [0.4, 0.5) is 5.13 Å². The maximum absolute atomic E-state index is 12.4. The standard InChI is InChI=1S/C19H24N4O3S/c1-3-26-12-16-21-22-19(27-16)23-11-15(10-17(23)24)18(25)20-9-8-14-7-5-4-6-13(14)2/h4-7,15H,3,8-12H2,1-2H3,(H,20,25). The molecule has 0 aliphatic carbocycles. The second-order valence-corrected chi connectivity index (χ2v) is 7.53. The van der Waals surface area contributed by atoms with E-state index in [1.54, 1.807) is 4.90 Å². The van der Waals surface area contributed by atoms with Crippen LogP contribution in [0.3, 0.4) is 0 Å². The minimum absolute atomic E-state index is 0.0847. The molecule has 1 aromatic carbocycles. The summed E-state index contributed by atoms with van der Waals surface area (Å²) in [4.78, 5) is 26.3. The third kappa shape index (κ3) is 4.90. The third-order valence-electron chi connectivity index (χ3n) is 4.57. The maximum atomic E-state index is 12.4. The quantitative estimate of drug-likeness (QED) is 0.749. The van der Waals surface area contributed by atoms with Gasteiger partial charge in [-0.05, 0) is 31.4 Å². The second kappa shape index (κ2) is 9.05. The van der Waals surface area contributed by atoms with Gasteiger partial charge in [-0.1, -0.05) is 35.6 Å². The number of carbonyl (C=O) groups excluding carboxylic acids is 2. The molecule has 1 atom stereocenters. The van der Waals surface area contributed by atoms with Crippen molar-refractivity contribution in [3.05, 3.63) is 40.4 Å². The molecule has 8 heteroatoms. The van der Waals surface area contributed by atoms with E-state index in [1.165, 1.54) is 22.5 Å². The van der Waals surface area contributed by atoms with Gasteiger partial charge in [0.1, 0.15) is 11.6 Å². The zero-order valence-electron chi connectivity index (χ0n) is 15.6. The van der Waals surface area contributed by atoms with Gasteiger partial charge >= 0.3 is 0 Å². The first-order valence-electron chi connectivity index (χ1n) is 9.11. The number of anilines is 1. The molecular formula is C19H24N4O3S. The fourth-order valence-electron chi connectivity index (χ4n) is 3.02. The molecule has 2 amide bonds. The van der Waals surface area contributed by atoms with Crippen LogP contribution in [0.15, 0.2) is 24.3 Å². The third-order valence-corrected chi connectivity index (χ3v) is 5.49. The number of aryl methyl sites for hydroxylation is 1. The van der Waals surface area contributed by atoms with Gasteiger partial charge in [-0.3, -0.25) is 14.5 Å². The summed E-state index contributed by atoms with van der Waals surface area (Å²) in [5, 5.41) is 12.3. The predicted molar refractivity (Wildman–Crippen MR) is 104 cm³/mol. The van der Waals surface area contributed by atoms with Crippen LogP contribution in [0.25, 0.3) is 0 Å². The smallest absolute Gasteiger partial charge is 0.229 e. The normalized spacial score (nSPS) is 16.7. The van der Waals surface area contributed by atoms with E-state index in [1.807, 2.05) is 19.1 Å². The molecule has 7 nitrogen and oxygen atoms in total. The molecule has 27 heavy (non-hydrogen) atoms. The average Bonchev–Trinajstić information content (AvgIpc) is 3.28. The molecule has 3 rings (SSSR count). The van der Waals surface area contributed by atoms with Crippen molar-refractivity contribution in [2.75, 3.05) is 24.6 Å². The van der Waals surface area contributed by atoms with Crippen molar-refractivity contribution in [2.45, 2.75) is 33.3 Å². The lowest BCUT2D eigenvalue weighted by Gasteiger charge is -2.13. The highest BCUT2D eigenvalue weighted by molar-refractivity contribution is 7.15. The zero-order valence-corrected chi connectivity index (χ0v) is 16.4. The van der Waals surface area contributed by atoms with Crippen LogP contribution >= 0.6 is 11.3 Å². The molecule has 1 N–H and O–H groups in total. The Morgan fingerprint density at radius 1 is 1.37 bits per heavy atom. The number of carbonyl (C=O) groups is 2. The number of ether oxygens (including phenoxy) is 1. The first-order chi connectivity index (χ1) is 13.1. The number of nitrogens with zero attached hydrogens (tertiary/aromatic N) is 3. The second-order valence-electron chi connectivity index (χ2n) is 6.49. The van der Waals surface area contributed by atoms with Gasteiger partial charge in [0.05, 0.1) is 5.92 Å². The highest BCUT2D eigenvalue weighted by Crippen LogP contribution is 2.28. The van der Waals surface area contributed by atoms with E-state index in [4.69, 9.17) is 4.74 Å². The number of rotatable bonds is 8. The van der Waals surface area contributed by atoms with Crippen molar-refractivity contribution in [1.29, 1.82) is 0 Å². The van der Waals surface area contributed by atoms with Crippen LogP contribution in [0.5, 0.6) is 0 Å². The van der Waals surface area contributed by atoms with Crippen LogP contribution in [0, 0.1) is 12.8 Å². The molecular weight excluding hydrogens is 364 g/mol. The van der Waals surface area contributed by atoms with Crippen LogP contribution in [-0.4, -0.2) is 41.7 Å². The molecule has 0 bridgehead atoms. The summed E-state index contributed by atoms with van der Waals surface area (Å²) >= 11 is 1.33. The van der Waals surface area contributed by atoms with Crippen molar-refractivity contribution >= 4 is 28.3 Å². The average molecular weight is 388 g/mol. The number of amides is 2. The maximum Gasteiger partial charge on any atom is 0.229 e. The van der Waals surface area contributed by atoms with Gasteiger partial charge < -0.3 is 10.1 Å². The first kappa shape index (κ1) is 19.4. The van der Waals surface area contributed by atoms with Crippen molar-refractivity contribution in [2.24, 2.45) is 5.92 Å². The predicted octanol–water partition coefficient (Wildman–Crippen LogP) is 2.09. The lowest BCUT2D eigenvalue weighted by Crippen LogP contribution is -2.34. The van der Waals surface area contributed by atoms with Gasteiger partial charge in [-0.2, -0.15) is 0 Å². The molecule has 144 valence electrons. The van der Waals surface area contributed by atoms with E-state index >= 15 is 0 Å². The summed E-state index contributed by atoms with van der Waals surface area (Å²) in [5.74, 6) is -0.528. The topological polar surface area (TPSA) is 84.4 Å². The summed E-state index contributed by atoms with van der Waals surface area (Å²) in [5.41, 5.74) is 2.44. The first-order valence-corrected chi connectivity index (χ1v) is 9.92. The van der Waals surface area contributed by atoms with E-state index in [-0.39, 0.29) is 24.2 Å². The van der Waals surface area contributed by atoms with Gasteiger partial charge in [0.15, 0.2) is 0 Å². The Bertz CT molecular complexity index is 808. The Morgan fingerprint density at radius 2 is 2.19 bits per heavy atom. The number of hydrogen-bond acceptors (Lipinski definition) is 6. The molecule has 1 aromatic heterocycles. The van der Waals surface area contributed by atoms with Gasteiger partial charge in [0.2, 0.25) is 16.9 Å². The van der Waals surface area contributed by atoms with Crippen molar-refractivity contribution < 1.29 is 14.3 Å². The molecule has 2 aromatic rings. The number of hydrogen-bond donors (Lipinski definition) is 1. The molecule has 1 fully saturated rings. The number of benzene rings is 1. The zero-order chi connectivity index (χ0) is 19.2. The molecule has 1 aliphatic rings. The summed E-state index contributed by atoms with van der Waals surface area (Å²) in [6.45, 7) is 5.87. The Morgan fingerprint density at radius 3 is 2.96 bits per heavy atom. The summed E-state index contributed by atoms with van der Waals surface area (Å²) in [6, 6.07) is 8.13. The Labute approximate surface area is 162 Å². The minimum Gasteiger partial charge on any atom is -0.374 e. The van der Waals surface area contributed by atoms with Crippen LogP contribution in [0.1, 0.15) is 29.5 Å². The largest absolute Gasteiger partial charge is 0.374 e. The van der Waals surface area contributed by atoms with E-state index in [0.717, 1.165) is 11.4 Å². The summed E-state index contributed by atoms with van der Waals surface area (Å²) < 4.78 is 5.31. The molecule has 1 unspecified atom stereocenters. The minimum atomic E-state index is -0.353. The lowest BCUT2D eigenvalue weighted by molar-refractivity contribution is -0.126. The van der Waals surface area contributed by atoms with Gasteiger partial charge in [-0.15, -0.1) is 10.2 Å². The molecule has 2 heterocycles. The Hall–Kier alpha value is -2.32. The highest BCUT2D eigenvalue weighted by atomic mass is 32.1. The monoisotopic (exact) mass is 388 g/mol. The van der Waals surface area contributed by atoms with Crippen LogP contribution in [0.2, 0.25) is 0 Å². The summed E-state index contributed by atoms with van der Waals surface area (Å²) in [6.07, 6.45) is 0.983. The van der Waals surface area contributed by atoms with E-state index in [0.29, 0.717) is 31.4 Å². The van der Waals surface area contributed by atoms with E-state index in [9.17, 15) is 9.59 Å². The highest BCUT2D eigenvalue weighted by Gasteiger charge is 2.36. The van der Waals surface area contributed by atoms with Crippen molar-refractivity contribution in [1.82, 2.24) is 15.5 Å². The Kier molecular flexibility index (Phi) is 6.52. The summed E-state index contributed by atoms with van der Waals surface area (Å²) in [7, 11) is 0. The lowest BCUT2D eigenvalue weighted by atomic mass is 10.1.